The molecule has 20 heavy (non-hydrogen) atoms. The predicted molar refractivity (Wildman–Crippen MR) is 78.0 cm³/mol. The number of anilines is 1. The quantitative estimate of drug-likeness (QED) is 0.871. The summed E-state index contributed by atoms with van der Waals surface area (Å²) in [6.45, 7) is 2.63. The topological polar surface area (TPSA) is 71.1 Å². The fraction of sp³-hybridized carbons (Fsp3) is 0.643. The SMILES string of the molecule is CCNc1ccncc1S(=O)(=O)NC1CC2CCC1C2. The Morgan fingerprint density at radius 1 is 1.35 bits per heavy atom. The Hall–Kier alpha value is -1.14. The maximum atomic E-state index is 12.6. The molecule has 1 aromatic heterocycles. The van der Waals surface area contributed by atoms with E-state index >= 15 is 0 Å². The van der Waals surface area contributed by atoms with Crippen molar-refractivity contribution in [2.75, 3.05) is 11.9 Å². The molecule has 2 fully saturated rings. The molecule has 110 valence electrons. The molecule has 3 unspecified atom stereocenters. The number of nitrogens with one attached hydrogen (secondary N) is 2. The van der Waals surface area contributed by atoms with Crippen molar-refractivity contribution in [3.8, 4) is 0 Å². The molecule has 5 nitrogen and oxygen atoms in total. The standard InChI is InChI=1S/C14H21N3O2S/c1-2-16-12-5-6-15-9-14(12)20(18,19)17-13-8-10-3-4-11(13)7-10/h5-6,9-11,13,17H,2-4,7-8H2,1H3,(H,15,16). The summed E-state index contributed by atoms with van der Waals surface area (Å²) in [7, 11) is -3.49. The normalized spacial score (nSPS) is 28.8. The molecule has 0 aliphatic heterocycles. The number of pyridine rings is 1. The van der Waals surface area contributed by atoms with Crippen molar-refractivity contribution in [2.45, 2.75) is 43.5 Å². The van der Waals surface area contributed by atoms with Crippen LogP contribution in [0.15, 0.2) is 23.4 Å². The van der Waals surface area contributed by atoms with Crippen molar-refractivity contribution in [1.29, 1.82) is 0 Å². The summed E-state index contributed by atoms with van der Waals surface area (Å²) >= 11 is 0. The minimum absolute atomic E-state index is 0.105. The van der Waals surface area contributed by atoms with Gasteiger partial charge in [-0.05, 0) is 44.1 Å². The fourth-order valence-electron chi connectivity index (χ4n) is 3.58. The number of hydrogen-bond acceptors (Lipinski definition) is 4. The minimum Gasteiger partial charge on any atom is -0.384 e. The van der Waals surface area contributed by atoms with Gasteiger partial charge in [0.15, 0.2) is 0 Å². The van der Waals surface area contributed by atoms with Crippen LogP contribution in [-0.4, -0.2) is 26.0 Å². The van der Waals surface area contributed by atoms with E-state index in [1.165, 1.54) is 19.0 Å². The van der Waals surface area contributed by atoms with E-state index in [0.717, 1.165) is 18.8 Å². The van der Waals surface area contributed by atoms with Crippen molar-refractivity contribution >= 4 is 15.7 Å². The third kappa shape index (κ3) is 2.54. The summed E-state index contributed by atoms with van der Waals surface area (Å²) in [5, 5.41) is 3.08. The Balaban J connectivity index is 1.81. The molecule has 1 aromatic rings. The molecule has 2 saturated carbocycles. The summed E-state index contributed by atoms with van der Waals surface area (Å²) in [4.78, 5) is 4.21. The van der Waals surface area contributed by atoms with E-state index in [-0.39, 0.29) is 10.9 Å². The second kappa shape index (κ2) is 5.33. The highest BCUT2D eigenvalue weighted by atomic mass is 32.2. The molecule has 6 heteroatoms. The maximum Gasteiger partial charge on any atom is 0.244 e. The molecule has 0 aromatic carbocycles. The molecular formula is C14H21N3O2S. The van der Waals surface area contributed by atoms with Gasteiger partial charge in [0, 0.05) is 25.0 Å². The lowest BCUT2D eigenvalue weighted by Crippen LogP contribution is -2.38. The van der Waals surface area contributed by atoms with E-state index < -0.39 is 10.0 Å². The van der Waals surface area contributed by atoms with Crippen LogP contribution in [0.2, 0.25) is 0 Å². The van der Waals surface area contributed by atoms with E-state index in [4.69, 9.17) is 0 Å². The number of sulfonamides is 1. The fourth-order valence-corrected chi connectivity index (χ4v) is 5.03. The monoisotopic (exact) mass is 295 g/mol. The van der Waals surface area contributed by atoms with Crippen LogP contribution in [-0.2, 0) is 10.0 Å². The second-order valence-electron chi connectivity index (χ2n) is 5.80. The van der Waals surface area contributed by atoms with Crippen LogP contribution in [0, 0.1) is 11.8 Å². The van der Waals surface area contributed by atoms with Crippen molar-refractivity contribution in [1.82, 2.24) is 9.71 Å². The Bertz CT molecular complexity index is 588. The van der Waals surface area contributed by atoms with Gasteiger partial charge >= 0.3 is 0 Å². The van der Waals surface area contributed by atoms with Gasteiger partial charge < -0.3 is 5.32 Å². The van der Waals surface area contributed by atoms with Crippen LogP contribution in [0.1, 0.15) is 32.6 Å². The largest absolute Gasteiger partial charge is 0.384 e. The van der Waals surface area contributed by atoms with Gasteiger partial charge in [-0.3, -0.25) is 4.98 Å². The van der Waals surface area contributed by atoms with Crippen molar-refractivity contribution in [3.63, 3.8) is 0 Å². The lowest BCUT2D eigenvalue weighted by molar-refractivity contribution is 0.390. The molecule has 3 atom stereocenters. The second-order valence-corrected chi connectivity index (χ2v) is 7.49. The lowest BCUT2D eigenvalue weighted by Gasteiger charge is -2.23. The highest BCUT2D eigenvalue weighted by Crippen LogP contribution is 2.44. The van der Waals surface area contributed by atoms with Crippen molar-refractivity contribution in [2.24, 2.45) is 11.8 Å². The molecule has 0 amide bonds. The van der Waals surface area contributed by atoms with Crippen molar-refractivity contribution < 1.29 is 8.42 Å². The zero-order chi connectivity index (χ0) is 14.2. The maximum absolute atomic E-state index is 12.6. The number of nitrogens with zero attached hydrogens (tertiary/aromatic N) is 1. The molecule has 2 N–H and O–H groups in total. The Labute approximate surface area is 120 Å². The first-order valence-electron chi connectivity index (χ1n) is 7.30. The zero-order valence-electron chi connectivity index (χ0n) is 11.7. The molecule has 0 spiro atoms. The van der Waals surface area contributed by atoms with Gasteiger partial charge in [-0.25, -0.2) is 13.1 Å². The first-order valence-corrected chi connectivity index (χ1v) is 8.78. The highest BCUT2D eigenvalue weighted by molar-refractivity contribution is 7.89. The number of hydrogen-bond donors (Lipinski definition) is 2. The first kappa shape index (κ1) is 13.8. The zero-order valence-corrected chi connectivity index (χ0v) is 12.5. The van der Waals surface area contributed by atoms with Gasteiger partial charge in [0.25, 0.3) is 0 Å². The average Bonchev–Trinajstić information content (AvgIpc) is 3.01. The summed E-state index contributed by atoms with van der Waals surface area (Å²) < 4.78 is 28.0. The van der Waals surface area contributed by atoms with Crippen LogP contribution >= 0.6 is 0 Å². The van der Waals surface area contributed by atoms with Crippen LogP contribution in [0.4, 0.5) is 5.69 Å². The van der Waals surface area contributed by atoms with Gasteiger partial charge in [0.2, 0.25) is 10.0 Å². The Morgan fingerprint density at radius 3 is 2.85 bits per heavy atom. The van der Waals surface area contributed by atoms with E-state index in [9.17, 15) is 8.42 Å². The number of fused-ring (bicyclic) bond motifs is 2. The third-order valence-corrected chi connectivity index (χ3v) is 6.00. The van der Waals surface area contributed by atoms with E-state index in [1.54, 1.807) is 12.3 Å². The summed E-state index contributed by atoms with van der Waals surface area (Å²) in [5.74, 6) is 1.24. The number of rotatable bonds is 5. The van der Waals surface area contributed by atoms with E-state index in [2.05, 4.69) is 15.0 Å². The molecule has 1 heterocycles. The Kier molecular flexibility index (Phi) is 3.69. The first-order chi connectivity index (χ1) is 9.60. The highest BCUT2D eigenvalue weighted by Gasteiger charge is 2.41. The minimum atomic E-state index is -3.49. The molecule has 0 radical (unpaired) electrons. The van der Waals surface area contributed by atoms with Crippen molar-refractivity contribution in [3.05, 3.63) is 18.5 Å². The molecular weight excluding hydrogens is 274 g/mol. The van der Waals surface area contributed by atoms with Gasteiger partial charge in [0.1, 0.15) is 4.90 Å². The van der Waals surface area contributed by atoms with E-state index in [0.29, 0.717) is 18.2 Å². The van der Waals surface area contributed by atoms with Gasteiger partial charge in [0.05, 0.1) is 5.69 Å². The van der Waals surface area contributed by atoms with Gasteiger partial charge in [-0.2, -0.15) is 0 Å². The van der Waals surface area contributed by atoms with Crippen LogP contribution in [0.5, 0.6) is 0 Å². The average molecular weight is 295 g/mol. The number of aromatic nitrogens is 1. The van der Waals surface area contributed by atoms with Crippen LogP contribution < -0.4 is 10.0 Å². The smallest absolute Gasteiger partial charge is 0.244 e. The van der Waals surface area contributed by atoms with Gasteiger partial charge in [-0.1, -0.05) is 6.42 Å². The summed E-state index contributed by atoms with van der Waals surface area (Å²) in [5.41, 5.74) is 0.623. The summed E-state index contributed by atoms with van der Waals surface area (Å²) in [6, 6.07) is 1.81. The molecule has 3 rings (SSSR count). The lowest BCUT2D eigenvalue weighted by atomic mass is 9.96. The van der Waals surface area contributed by atoms with Crippen LogP contribution in [0.25, 0.3) is 0 Å². The molecule has 2 aliphatic rings. The van der Waals surface area contributed by atoms with E-state index in [1.807, 2.05) is 6.92 Å². The van der Waals surface area contributed by atoms with Gasteiger partial charge in [-0.15, -0.1) is 0 Å². The Morgan fingerprint density at radius 2 is 2.20 bits per heavy atom. The third-order valence-electron chi connectivity index (χ3n) is 4.49. The summed E-state index contributed by atoms with van der Waals surface area (Å²) in [6.07, 6.45) is 7.62. The molecule has 0 saturated heterocycles. The molecule has 2 aliphatic carbocycles. The molecule has 2 bridgehead atoms. The predicted octanol–water partition coefficient (Wildman–Crippen LogP) is 1.98. The van der Waals surface area contributed by atoms with Crippen LogP contribution in [0.3, 0.4) is 0 Å².